The second-order valence-electron chi connectivity index (χ2n) is 7.48. The fraction of sp³-hybridized carbons (Fsp3) is 0.222. The summed E-state index contributed by atoms with van der Waals surface area (Å²) in [4.78, 5) is 28.5. The Kier molecular flexibility index (Phi) is 9.22. The van der Waals surface area contributed by atoms with Gasteiger partial charge < -0.3 is 19.5 Å². The number of nitrogens with zero attached hydrogens (tertiary/aromatic N) is 1. The molecule has 3 aromatic rings. The number of carbonyl (C=O) groups is 2. The highest BCUT2D eigenvalue weighted by molar-refractivity contribution is 5.90. The lowest BCUT2D eigenvalue weighted by Gasteiger charge is -2.12. The Morgan fingerprint density at radius 1 is 1.00 bits per heavy atom. The van der Waals surface area contributed by atoms with Gasteiger partial charge in [0, 0.05) is 18.8 Å². The van der Waals surface area contributed by atoms with Crippen LogP contribution in [-0.4, -0.2) is 36.6 Å². The molecule has 1 aromatic heterocycles. The molecule has 0 aliphatic heterocycles. The van der Waals surface area contributed by atoms with Crippen LogP contribution < -0.4 is 14.8 Å². The number of ether oxygens (including phenoxy) is 3. The second kappa shape index (κ2) is 12.8. The van der Waals surface area contributed by atoms with Gasteiger partial charge in [0.1, 0.15) is 18.1 Å². The van der Waals surface area contributed by atoms with Crippen molar-refractivity contribution in [3.05, 3.63) is 95.8 Å². The molecule has 1 heterocycles. The van der Waals surface area contributed by atoms with Crippen LogP contribution in [-0.2, 0) is 27.4 Å². The number of hydrogen-bond donors (Lipinski definition) is 1. The number of benzene rings is 2. The van der Waals surface area contributed by atoms with E-state index in [0.717, 1.165) is 22.6 Å². The Labute approximate surface area is 199 Å². The maximum Gasteiger partial charge on any atom is 0.331 e. The van der Waals surface area contributed by atoms with Gasteiger partial charge in [0.15, 0.2) is 6.10 Å². The van der Waals surface area contributed by atoms with Gasteiger partial charge in [-0.05, 0) is 66.9 Å². The summed E-state index contributed by atoms with van der Waals surface area (Å²) in [5.41, 5.74) is 2.72. The van der Waals surface area contributed by atoms with Crippen molar-refractivity contribution in [1.82, 2.24) is 10.3 Å². The first-order valence-electron chi connectivity index (χ1n) is 11.0. The third-order valence-corrected chi connectivity index (χ3v) is 4.94. The van der Waals surface area contributed by atoms with Crippen molar-refractivity contribution in [2.75, 3.05) is 13.7 Å². The summed E-state index contributed by atoms with van der Waals surface area (Å²) >= 11 is 0. The maximum atomic E-state index is 12.2. The lowest BCUT2D eigenvalue weighted by molar-refractivity contribution is -0.150. The monoisotopic (exact) mass is 460 g/mol. The molecule has 1 unspecified atom stereocenters. The third-order valence-electron chi connectivity index (χ3n) is 4.94. The van der Waals surface area contributed by atoms with Crippen LogP contribution >= 0.6 is 0 Å². The maximum absolute atomic E-state index is 12.2. The number of esters is 1. The zero-order chi connectivity index (χ0) is 24.2. The van der Waals surface area contributed by atoms with E-state index in [4.69, 9.17) is 14.2 Å². The fourth-order valence-corrected chi connectivity index (χ4v) is 3.01. The van der Waals surface area contributed by atoms with Crippen LogP contribution in [0.2, 0.25) is 0 Å². The Balaban J connectivity index is 1.38. The standard InChI is InChI=1S/C27H28N2O5/c1-20(27(31)29-18-16-22-6-11-24(32-2)12-7-22)34-26(30)15-10-21-8-13-25(14-9-21)33-19-23-5-3-4-17-28-23/h3-15,17,20H,16,18-19H2,1-2H3,(H,29,31)/b15-10+. The predicted molar refractivity (Wildman–Crippen MR) is 129 cm³/mol. The highest BCUT2D eigenvalue weighted by Gasteiger charge is 2.15. The molecule has 1 amide bonds. The molecule has 1 N–H and O–H groups in total. The van der Waals surface area contributed by atoms with E-state index in [1.807, 2.05) is 66.7 Å². The van der Waals surface area contributed by atoms with Crippen molar-refractivity contribution < 1.29 is 23.8 Å². The molecule has 0 spiro atoms. The normalized spacial score (nSPS) is 11.6. The fourth-order valence-electron chi connectivity index (χ4n) is 3.01. The van der Waals surface area contributed by atoms with E-state index < -0.39 is 12.1 Å². The minimum atomic E-state index is -0.893. The van der Waals surface area contributed by atoms with Crippen molar-refractivity contribution in [2.45, 2.75) is 26.1 Å². The van der Waals surface area contributed by atoms with Crippen molar-refractivity contribution in [3.8, 4) is 11.5 Å². The predicted octanol–water partition coefficient (Wildman–Crippen LogP) is 3.97. The minimum Gasteiger partial charge on any atom is -0.497 e. The van der Waals surface area contributed by atoms with E-state index in [1.54, 1.807) is 26.3 Å². The molecule has 7 nitrogen and oxygen atoms in total. The molecule has 0 bridgehead atoms. The SMILES string of the molecule is COc1ccc(CCNC(=O)C(C)OC(=O)/C=C/c2ccc(OCc3ccccn3)cc2)cc1. The molecule has 0 aliphatic carbocycles. The van der Waals surface area contributed by atoms with E-state index in [1.165, 1.54) is 6.08 Å². The van der Waals surface area contributed by atoms with Crippen molar-refractivity contribution in [2.24, 2.45) is 0 Å². The van der Waals surface area contributed by atoms with Crippen LogP contribution in [0.1, 0.15) is 23.7 Å². The highest BCUT2D eigenvalue weighted by Crippen LogP contribution is 2.15. The van der Waals surface area contributed by atoms with E-state index in [2.05, 4.69) is 10.3 Å². The Bertz CT molecular complexity index is 1080. The van der Waals surface area contributed by atoms with Crippen LogP contribution in [0.25, 0.3) is 6.08 Å². The summed E-state index contributed by atoms with van der Waals surface area (Å²) in [6, 6.07) is 20.6. The van der Waals surface area contributed by atoms with Gasteiger partial charge in [0.25, 0.3) is 5.91 Å². The van der Waals surface area contributed by atoms with E-state index in [9.17, 15) is 9.59 Å². The van der Waals surface area contributed by atoms with Gasteiger partial charge >= 0.3 is 5.97 Å². The van der Waals surface area contributed by atoms with Crippen molar-refractivity contribution in [3.63, 3.8) is 0 Å². The number of pyridine rings is 1. The van der Waals surface area contributed by atoms with E-state index in [0.29, 0.717) is 25.3 Å². The summed E-state index contributed by atoms with van der Waals surface area (Å²) < 4.78 is 16.0. The molecule has 0 radical (unpaired) electrons. The molecule has 1 atom stereocenters. The first-order valence-corrected chi connectivity index (χ1v) is 11.0. The van der Waals surface area contributed by atoms with Gasteiger partial charge in [-0.2, -0.15) is 0 Å². The zero-order valence-electron chi connectivity index (χ0n) is 19.3. The average molecular weight is 461 g/mol. The van der Waals surface area contributed by atoms with E-state index in [-0.39, 0.29) is 5.91 Å². The number of amides is 1. The number of hydrogen-bond acceptors (Lipinski definition) is 6. The first kappa shape index (κ1) is 24.5. The molecule has 0 fully saturated rings. The Morgan fingerprint density at radius 3 is 2.41 bits per heavy atom. The van der Waals surface area contributed by atoms with Crippen LogP contribution in [0, 0.1) is 0 Å². The number of methoxy groups -OCH3 is 1. The smallest absolute Gasteiger partial charge is 0.331 e. The molecule has 176 valence electrons. The summed E-state index contributed by atoms with van der Waals surface area (Å²) in [6.45, 7) is 2.36. The summed E-state index contributed by atoms with van der Waals surface area (Å²) in [6.07, 6.45) is 4.41. The van der Waals surface area contributed by atoms with Crippen LogP contribution in [0.3, 0.4) is 0 Å². The average Bonchev–Trinajstić information content (AvgIpc) is 2.87. The van der Waals surface area contributed by atoms with Crippen molar-refractivity contribution >= 4 is 18.0 Å². The van der Waals surface area contributed by atoms with Crippen LogP contribution in [0.4, 0.5) is 0 Å². The van der Waals surface area contributed by atoms with Crippen LogP contribution in [0.15, 0.2) is 79.0 Å². The molecule has 0 aliphatic rings. The summed E-state index contributed by atoms with van der Waals surface area (Å²) in [7, 11) is 1.62. The molecule has 2 aromatic carbocycles. The summed E-state index contributed by atoms with van der Waals surface area (Å²) in [5, 5.41) is 2.78. The minimum absolute atomic E-state index is 0.343. The highest BCUT2D eigenvalue weighted by atomic mass is 16.5. The topological polar surface area (TPSA) is 86.8 Å². The molecule has 34 heavy (non-hydrogen) atoms. The number of nitrogens with one attached hydrogen (secondary N) is 1. The van der Waals surface area contributed by atoms with Gasteiger partial charge in [-0.25, -0.2) is 4.79 Å². The molecule has 0 saturated heterocycles. The molecule has 3 rings (SSSR count). The number of aromatic nitrogens is 1. The van der Waals surface area contributed by atoms with Crippen LogP contribution in [0.5, 0.6) is 11.5 Å². The molecule has 0 saturated carbocycles. The third kappa shape index (κ3) is 8.09. The van der Waals surface area contributed by atoms with Crippen molar-refractivity contribution in [1.29, 1.82) is 0 Å². The number of carbonyl (C=O) groups excluding carboxylic acids is 2. The molecule has 7 heteroatoms. The van der Waals surface area contributed by atoms with Gasteiger partial charge in [0.2, 0.25) is 0 Å². The molecular weight excluding hydrogens is 432 g/mol. The van der Waals surface area contributed by atoms with Gasteiger partial charge in [-0.1, -0.05) is 30.3 Å². The number of rotatable bonds is 11. The largest absolute Gasteiger partial charge is 0.497 e. The molecular formula is C27H28N2O5. The second-order valence-corrected chi connectivity index (χ2v) is 7.48. The van der Waals surface area contributed by atoms with E-state index >= 15 is 0 Å². The van der Waals surface area contributed by atoms with Gasteiger partial charge in [0.05, 0.1) is 12.8 Å². The quantitative estimate of drug-likeness (QED) is 0.344. The first-order chi connectivity index (χ1) is 16.5. The lowest BCUT2D eigenvalue weighted by atomic mass is 10.1. The summed E-state index contributed by atoms with van der Waals surface area (Å²) in [5.74, 6) is 0.550. The van der Waals surface area contributed by atoms with Gasteiger partial charge in [-0.15, -0.1) is 0 Å². The zero-order valence-corrected chi connectivity index (χ0v) is 19.3. The Hall–Kier alpha value is -4.13. The Morgan fingerprint density at radius 2 is 1.74 bits per heavy atom. The lowest BCUT2D eigenvalue weighted by Crippen LogP contribution is -2.36. The van der Waals surface area contributed by atoms with Gasteiger partial charge in [-0.3, -0.25) is 9.78 Å².